The summed E-state index contributed by atoms with van der Waals surface area (Å²) in [6.45, 7) is 4.11. The Hall–Kier alpha value is -8.88. The van der Waals surface area contributed by atoms with E-state index in [9.17, 15) is 19.2 Å². The Labute approximate surface area is 391 Å². The first kappa shape index (κ1) is 43.0. The number of esters is 4. The summed E-state index contributed by atoms with van der Waals surface area (Å²) in [4.78, 5) is 54.1. The van der Waals surface area contributed by atoms with Crippen molar-refractivity contribution in [2.75, 3.05) is 0 Å². The molecule has 0 heterocycles. The van der Waals surface area contributed by atoms with Crippen molar-refractivity contribution in [2.45, 2.75) is 26.7 Å². The molecule has 8 nitrogen and oxygen atoms in total. The summed E-state index contributed by atoms with van der Waals surface area (Å²) in [6.07, 6.45) is 1.74. The number of rotatable bonds is 11. The van der Waals surface area contributed by atoms with Crippen LogP contribution in [0.1, 0.15) is 66.4 Å². The highest BCUT2D eigenvalue weighted by atomic mass is 16.5. The van der Waals surface area contributed by atoms with Crippen LogP contribution in [0.15, 0.2) is 194 Å². The molecule has 0 aliphatic rings. The van der Waals surface area contributed by atoms with E-state index < -0.39 is 23.9 Å². The maximum atomic E-state index is 14.2. The van der Waals surface area contributed by atoms with Gasteiger partial charge in [-0.25, -0.2) is 19.2 Å². The van der Waals surface area contributed by atoms with Gasteiger partial charge in [0.1, 0.15) is 23.0 Å². The number of hydrogen-bond acceptors (Lipinski definition) is 8. The zero-order valence-corrected chi connectivity index (χ0v) is 37.2. The monoisotopic (exact) mass is 890 g/mol. The predicted molar refractivity (Wildman–Crippen MR) is 266 cm³/mol. The Morgan fingerprint density at radius 3 is 1.07 bits per heavy atom. The van der Waals surface area contributed by atoms with Crippen molar-refractivity contribution >= 4 is 67.0 Å². The van der Waals surface area contributed by atoms with E-state index in [-0.39, 0.29) is 11.5 Å². The van der Waals surface area contributed by atoms with Gasteiger partial charge >= 0.3 is 23.9 Å². The molecule has 0 unspecified atom stereocenters. The number of hydrogen-bond donors (Lipinski definition) is 0. The molecule has 0 atom stereocenters. The molecular formula is C60H42O8. The first-order valence-corrected chi connectivity index (χ1v) is 22.4. The van der Waals surface area contributed by atoms with Crippen molar-refractivity contribution in [3.8, 4) is 34.1 Å². The van der Waals surface area contributed by atoms with Crippen LogP contribution in [0.4, 0.5) is 0 Å². The van der Waals surface area contributed by atoms with Gasteiger partial charge < -0.3 is 18.9 Å². The summed E-state index contributed by atoms with van der Waals surface area (Å²) in [5, 5.41) is 6.39. The van der Waals surface area contributed by atoms with Gasteiger partial charge in [0.2, 0.25) is 0 Å². The quantitative estimate of drug-likeness (QED) is 0.0934. The van der Waals surface area contributed by atoms with E-state index in [1.54, 1.807) is 109 Å². The van der Waals surface area contributed by atoms with Gasteiger partial charge in [0.05, 0.1) is 22.3 Å². The third kappa shape index (κ3) is 8.78. The topological polar surface area (TPSA) is 105 Å². The minimum atomic E-state index is -0.590. The van der Waals surface area contributed by atoms with Crippen molar-refractivity contribution in [1.82, 2.24) is 0 Å². The van der Waals surface area contributed by atoms with Crippen molar-refractivity contribution in [1.29, 1.82) is 0 Å². The third-order valence-corrected chi connectivity index (χ3v) is 12.1. The lowest BCUT2D eigenvalue weighted by molar-refractivity contribution is 0.0723. The normalized spacial score (nSPS) is 11.1. The average molecular weight is 891 g/mol. The largest absolute Gasteiger partial charge is 0.423 e. The molecule has 0 saturated carbocycles. The number of fused-ring (bicyclic) bond motifs is 4. The first-order valence-electron chi connectivity index (χ1n) is 22.4. The molecule has 0 N–H and O–H groups in total. The lowest BCUT2D eigenvalue weighted by Gasteiger charge is -2.19. The SMILES string of the molecule is CCc1ccc(C(=O)Oc2ccc3cc(C(=O)Oc4ccc5ccccc5c4-c4c(OC(=O)c5ccc6cc(OC(=O)c7ccc(CC)cc7)ccc6c5)ccc5ccccc45)ccc3c2)cc1. The van der Waals surface area contributed by atoms with E-state index in [1.165, 1.54) is 0 Å². The zero-order valence-electron chi connectivity index (χ0n) is 37.2. The van der Waals surface area contributed by atoms with E-state index in [0.717, 1.165) is 67.1 Å². The van der Waals surface area contributed by atoms with Gasteiger partial charge in [0.15, 0.2) is 0 Å². The van der Waals surface area contributed by atoms with Crippen LogP contribution in [0.3, 0.4) is 0 Å². The standard InChI is InChI=1S/C60H42O8/c1-3-37-13-17-41(18-14-37)57(61)65-49-29-25-43-33-47(23-21-45(43)35-49)59(63)67-53-31-27-39-9-5-7-11-51(39)55(53)56-52-12-8-6-10-40(52)28-32-54(56)68-60(64)48-24-22-46-36-50(30-26-44(46)34-48)66-58(62)42-19-15-38(4-2)16-20-42/h5-36H,3-4H2,1-2H3. The molecule has 0 aliphatic heterocycles. The minimum absolute atomic E-state index is 0.275. The van der Waals surface area contributed by atoms with Crippen LogP contribution in [0, 0.1) is 0 Å². The number of carbonyl (C=O) groups is 4. The second-order valence-electron chi connectivity index (χ2n) is 16.4. The number of ether oxygens (including phenoxy) is 4. The predicted octanol–water partition coefficient (Wildman–Crippen LogP) is 14.0. The maximum absolute atomic E-state index is 14.2. The number of aryl methyl sites for hydroxylation is 2. The second kappa shape index (κ2) is 18.5. The molecule has 0 fully saturated rings. The summed E-state index contributed by atoms with van der Waals surface area (Å²) in [7, 11) is 0. The fourth-order valence-corrected chi connectivity index (χ4v) is 8.42. The van der Waals surface area contributed by atoms with E-state index in [0.29, 0.717) is 44.9 Å². The Morgan fingerprint density at radius 2 is 0.662 bits per heavy atom. The summed E-state index contributed by atoms with van der Waals surface area (Å²) in [6, 6.07) is 58.4. The minimum Gasteiger partial charge on any atom is -0.423 e. The van der Waals surface area contributed by atoms with Crippen molar-refractivity contribution in [2.24, 2.45) is 0 Å². The van der Waals surface area contributed by atoms with Crippen LogP contribution >= 0.6 is 0 Å². The molecule has 0 amide bonds. The van der Waals surface area contributed by atoms with Gasteiger partial charge in [-0.3, -0.25) is 0 Å². The van der Waals surface area contributed by atoms with Gasteiger partial charge in [0, 0.05) is 11.1 Å². The molecule has 10 rings (SSSR count). The lowest BCUT2D eigenvalue weighted by Crippen LogP contribution is -2.11. The van der Waals surface area contributed by atoms with Crippen LogP contribution in [-0.4, -0.2) is 23.9 Å². The molecule has 10 aromatic carbocycles. The van der Waals surface area contributed by atoms with Gasteiger partial charge in [-0.15, -0.1) is 0 Å². The maximum Gasteiger partial charge on any atom is 0.343 e. The van der Waals surface area contributed by atoms with E-state index in [4.69, 9.17) is 18.9 Å². The second-order valence-corrected chi connectivity index (χ2v) is 16.4. The highest BCUT2D eigenvalue weighted by molar-refractivity contribution is 6.11. The number of benzene rings is 10. The molecular weight excluding hydrogens is 849 g/mol. The zero-order chi connectivity index (χ0) is 46.7. The molecule has 8 heteroatoms. The van der Waals surface area contributed by atoms with Crippen molar-refractivity contribution in [3.05, 3.63) is 228 Å². The van der Waals surface area contributed by atoms with E-state index >= 15 is 0 Å². The Bertz CT molecular complexity index is 3370. The fraction of sp³-hybridized carbons (Fsp3) is 0.0667. The fourth-order valence-electron chi connectivity index (χ4n) is 8.42. The Balaban J connectivity index is 0.940. The lowest BCUT2D eigenvalue weighted by atomic mass is 9.92. The van der Waals surface area contributed by atoms with Crippen LogP contribution in [0.5, 0.6) is 23.0 Å². The Morgan fingerprint density at radius 1 is 0.324 bits per heavy atom. The molecule has 0 bridgehead atoms. The van der Waals surface area contributed by atoms with Crippen LogP contribution in [0.2, 0.25) is 0 Å². The van der Waals surface area contributed by atoms with Crippen LogP contribution < -0.4 is 18.9 Å². The summed E-state index contributed by atoms with van der Waals surface area (Å²) in [5.74, 6) is -0.778. The van der Waals surface area contributed by atoms with Gasteiger partial charge in [-0.1, -0.05) is 123 Å². The molecule has 10 aromatic rings. The number of carbonyl (C=O) groups excluding carboxylic acids is 4. The van der Waals surface area contributed by atoms with Crippen LogP contribution in [0.25, 0.3) is 54.2 Å². The van der Waals surface area contributed by atoms with Crippen molar-refractivity contribution < 1.29 is 38.1 Å². The molecule has 0 aromatic heterocycles. The third-order valence-electron chi connectivity index (χ3n) is 12.1. The van der Waals surface area contributed by atoms with Gasteiger partial charge in [-0.2, -0.15) is 0 Å². The van der Waals surface area contributed by atoms with Gasteiger partial charge in [-0.05, 0) is 152 Å². The summed E-state index contributed by atoms with van der Waals surface area (Å²) in [5.41, 5.74) is 4.95. The molecule has 0 aliphatic carbocycles. The van der Waals surface area contributed by atoms with Crippen molar-refractivity contribution in [3.63, 3.8) is 0 Å². The van der Waals surface area contributed by atoms with Crippen LogP contribution in [-0.2, 0) is 12.8 Å². The average Bonchev–Trinajstić information content (AvgIpc) is 3.38. The first-order chi connectivity index (χ1) is 33.2. The Kier molecular flexibility index (Phi) is 11.7. The van der Waals surface area contributed by atoms with Gasteiger partial charge in [0.25, 0.3) is 0 Å². The molecule has 0 radical (unpaired) electrons. The van der Waals surface area contributed by atoms with E-state index in [1.807, 2.05) is 84.9 Å². The highest BCUT2D eigenvalue weighted by Gasteiger charge is 2.24. The summed E-state index contributed by atoms with van der Waals surface area (Å²) < 4.78 is 24.0. The smallest absolute Gasteiger partial charge is 0.343 e. The molecule has 330 valence electrons. The summed E-state index contributed by atoms with van der Waals surface area (Å²) >= 11 is 0. The molecule has 0 spiro atoms. The van der Waals surface area contributed by atoms with E-state index in [2.05, 4.69) is 13.8 Å². The molecule has 0 saturated heterocycles. The highest BCUT2D eigenvalue weighted by Crippen LogP contribution is 2.46. The molecule has 68 heavy (non-hydrogen) atoms.